The molecule has 9 nitrogen and oxygen atoms in total. The molecular weight excluding hydrogens is 410 g/mol. The van der Waals surface area contributed by atoms with Gasteiger partial charge in [-0.1, -0.05) is 25.3 Å². The Hall–Kier alpha value is -3.62. The number of hydrogen-bond acceptors (Lipinski definition) is 7. The van der Waals surface area contributed by atoms with E-state index in [4.69, 9.17) is 14.2 Å². The molecule has 0 bridgehead atoms. The minimum Gasteiger partial charge on any atom is -0.493 e. The molecule has 166 valence electrons. The summed E-state index contributed by atoms with van der Waals surface area (Å²) >= 11 is 0. The van der Waals surface area contributed by atoms with Crippen molar-refractivity contribution in [3.8, 4) is 17.2 Å². The van der Waals surface area contributed by atoms with Crippen LogP contribution in [-0.2, 0) is 0 Å². The molecule has 1 aliphatic carbocycles. The number of ether oxygens (including phenoxy) is 3. The van der Waals surface area contributed by atoms with E-state index in [1.165, 1.54) is 32.1 Å². The van der Waals surface area contributed by atoms with Crippen LogP contribution in [0.4, 0.5) is 5.69 Å². The van der Waals surface area contributed by atoms with Gasteiger partial charge in [-0.3, -0.25) is 4.79 Å². The van der Waals surface area contributed by atoms with Gasteiger partial charge in [0.05, 0.1) is 12.3 Å². The molecular formula is C23H25N5O4. The van der Waals surface area contributed by atoms with Crippen LogP contribution in [0.25, 0.3) is 0 Å². The van der Waals surface area contributed by atoms with Crippen LogP contribution >= 0.6 is 0 Å². The van der Waals surface area contributed by atoms with Crippen molar-refractivity contribution < 1.29 is 19.0 Å². The zero-order valence-corrected chi connectivity index (χ0v) is 17.6. The summed E-state index contributed by atoms with van der Waals surface area (Å²) in [7, 11) is 0. The Morgan fingerprint density at radius 2 is 1.97 bits per heavy atom. The Morgan fingerprint density at radius 1 is 1.12 bits per heavy atom. The summed E-state index contributed by atoms with van der Waals surface area (Å²) in [6.45, 7) is 1.00. The second-order valence-corrected chi connectivity index (χ2v) is 8.13. The van der Waals surface area contributed by atoms with Crippen LogP contribution in [0, 0.1) is 5.92 Å². The first-order valence-electron chi connectivity index (χ1n) is 11.0. The third-order valence-corrected chi connectivity index (χ3v) is 5.87. The second-order valence-electron chi connectivity index (χ2n) is 8.13. The number of anilines is 1. The molecule has 0 spiro atoms. The van der Waals surface area contributed by atoms with Gasteiger partial charge in [-0.15, -0.1) is 5.10 Å². The van der Waals surface area contributed by atoms with Gasteiger partial charge in [0, 0.05) is 5.56 Å². The molecule has 1 atom stereocenters. The maximum Gasteiger partial charge on any atom is 0.255 e. The van der Waals surface area contributed by atoms with Gasteiger partial charge in [0.15, 0.2) is 23.4 Å². The van der Waals surface area contributed by atoms with Crippen molar-refractivity contribution in [3.05, 3.63) is 53.9 Å². The van der Waals surface area contributed by atoms with Gasteiger partial charge < -0.3 is 19.5 Å². The number of H-pyrrole nitrogens is 1. The van der Waals surface area contributed by atoms with Crippen molar-refractivity contribution in [2.24, 2.45) is 5.92 Å². The first-order valence-corrected chi connectivity index (χ1v) is 11.0. The molecule has 1 unspecified atom stereocenters. The van der Waals surface area contributed by atoms with Gasteiger partial charge in [-0.25, -0.2) is 5.10 Å². The van der Waals surface area contributed by atoms with Crippen LogP contribution in [0.5, 0.6) is 17.2 Å². The van der Waals surface area contributed by atoms with E-state index in [1.54, 1.807) is 30.3 Å². The molecule has 1 aliphatic heterocycles. The lowest BCUT2D eigenvalue weighted by atomic mass is 9.90. The van der Waals surface area contributed by atoms with E-state index in [2.05, 4.69) is 25.9 Å². The Bertz CT molecular complexity index is 1050. The topological polar surface area (TPSA) is 111 Å². The van der Waals surface area contributed by atoms with Gasteiger partial charge in [0.1, 0.15) is 12.4 Å². The quantitative estimate of drug-likeness (QED) is 0.603. The molecule has 0 saturated heterocycles. The fraction of sp³-hybridized carbons (Fsp3) is 0.391. The molecule has 1 saturated carbocycles. The van der Waals surface area contributed by atoms with Crippen molar-refractivity contribution in [1.29, 1.82) is 0 Å². The Balaban J connectivity index is 1.23. The van der Waals surface area contributed by atoms with Crippen LogP contribution < -0.4 is 19.5 Å². The van der Waals surface area contributed by atoms with E-state index < -0.39 is 6.10 Å². The van der Waals surface area contributed by atoms with Gasteiger partial charge in [0.25, 0.3) is 5.91 Å². The van der Waals surface area contributed by atoms with Crippen molar-refractivity contribution in [1.82, 2.24) is 20.6 Å². The number of para-hydroxylation sites is 1. The smallest absolute Gasteiger partial charge is 0.255 e. The van der Waals surface area contributed by atoms with Crippen LogP contribution in [0.3, 0.4) is 0 Å². The lowest BCUT2D eigenvalue weighted by Crippen LogP contribution is -2.24. The first-order chi connectivity index (χ1) is 15.8. The maximum absolute atomic E-state index is 12.8. The van der Waals surface area contributed by atoms with Crippen molar-refractivity contribution in [2.45, 2.75) is 38.2 Å². The normalized spacial score (nSPS) is 18.2. The summed E-state index contributed by atoms with van der Waals surface area (Å²) in [4.78, 5) is 12.8. The van der Waals surface area contributed by atoms with E-state index in [0.29, 0.717) is 34.5 Å². The fourth-order valence-electron chi connectivity index (χ4n) is 4.09. The molecule has 2 aromatic carbocycles. The number of carbonyl (C=O) groups is 1. The molecule has 2 aliphatic rings. The molecule has 1 aromatic heterocycles. The SMILES string of the molecule is O=C(Nc1cccc2c1OC(c1nnn[nH]1)CO2)c1ccc(OCC2CCCCC2)cc1. The molecule has 9 heteroatoms. The third-order valence-electron chi connectivity index (χ3n) is 5.87. The second kappa shape index (κ2) is 9.25. The van der Waals surface area contributed by atoms with Crippen molar-refractivity contribution in [2.75, 3.05) is 18.5 Å². The van der Waals surface area contributed by atoms with Crippen LogP contribution in [0.2, 0.25) is 0 Å². The van der Waals surface area contributed by atoms with Gasteiger partial charge in [-0.05, 0) is 65.6 Å². The monoisotopic (exact) mass is 435 g/mol. The highest BCUT2D eigenvalue weighted by Crippen LogP contribution is 2.41. The standard InChI is InChI=1S/C23H25N5O4/c29-23(16-9-11-17(12-10-16)30-13-15-5-2-1-3-6-15)24-18-7-4-8-19-21(18)32-20(14-31-19)22-25-27-28-26-22/h4,7-12,15,20H,1-3,5-6,13-14H2,(H,24,29)(H,25,26,27,28). The predicted octanol–water partition coefficient (Wildman–Crippen LogP) is 3.92. The van der Waals surface area contributed by atoms with E-state index in [-0.39, 0.29) is 12.5 Å². The Kier molecular flexibility index (Phi) is 5.87. The zero-order chi connectivity index (χ0) is 21.8. The number of tetrazole rings is 1. The number of aromatic amines is 1. The summed E-state index contributed by atoms with van der Waals surface area (Å²) in [6, 6.07) is 12.6. The third kappa shape index (κ3) is 4.51. The number of carbonyl (C=O) groups excluding carboxylic acids is 1. The van der Waals surface area contributed by atoms with Crippen LogP contribution in [0.1, 0.15) is 54.4 Å². The fourth-order valence-corrected chi connectivity index (χ4v) is 4.09. The number of nitrogens with one attached hydrogen (secondary N) is 2. The average molecular weight is 435 g/mol. The molecule has 32 heavy (non-hydrogen) atoms. The summed E-state index contributed by atoms with van der Waals surface area (Å²) in [6.07, 6.45) is 5.90. The van der Waals surface area contributed by atoms with Crippen molar-refractivity contribution >= 4 is 11.6 Å². The van der Waals surface area contributed by atoms with E-state index >= 15 is 0 Å². The number of hydrogen-bond donors (Lipinski definition) is 2. The number of rotatable bonds is 6. The average Bonchev–Trinajstić information content (AvgIpc) is 3.39. The number of fused-ring (bicyclic) bond motifs is 1. The minimum atomic E-state index is -0.490. The molecule has 3 aromatic rings. The Morgan fingerprint density at radius 3 is 2.75 bits per heavy atom. The van der Waals surface area contributed by atoms with Crippen molar-refractivity contribution in [3.63, 3.8) is 0 Å². The highest BCUT2D eigenvalue weighted by molar-refractivity contribution is 6.05. The summed E-state index contributed by atoms with van der Waals surface area (Å²) in [5, 5.41) is 16.6. The predicted molar refractivity (Wildman–Crippen MR) is 116 cm³/mol. The van der Waals surface area contributed by atoms with E-state index in [9.17, 15) is 4.79 Å². The first kappa shape index (κ1) is 20.3. The summed E-state index contributed by atoms with van der Waals surface area (Å²) in [5.74, 6) is 2.63. The maximum atomic E-state index is 12.8. The number of amides is 1. The molecule has 5 rings (SSSR count). The summed E-state index contributed by atoms with van der Waals surface area (Å²) in [5.41, 5.74) is 1.04. The van der Waals surface area contributed by atoms with Gasteiger partial charge in [0.2, 0.25) is 0 Å². The molecule has 2 heterocycles. The largest absolute Gasteiger partial charge is 0.493 e. The van der Waals surface area contributed by atoms with Crippen LogP contribution in [0.15, 0.2) is 42.5 Å². The van der Waals surface area contributed by atoms with Gasteiger partial charge in [-0.2, -0.15) is 0 Å². The van der Waals surface area contributed by atoms with E-state index in [0.717, 1.165) is 12.4 Å². The Labute approximate surface area is 185 Å². The van der Waals surface area contributed by atoms with Gasteiger partial charge >= 0.3 is 0 Å². The molecule has 1 amide bonds. The number of benzene rings is 2. The zero-order valence-electron chi connectivity index (χ0n) is 17.6. The molecule has 2 N–H and O–H groups in total. The minimum absolute atomic E-state index is 0.246. The highest BCUT2D eigenvalue weighted by atomic mass is 16.6. The highest BCUT2D eigenvalue weighted by Gasteiger charge is 2.28. The number of nitrogens with zero attached hydrogens (tertiary/aromatic N) is 3. The molecule has 0 radical (unpaired) electrons. The lowest BCUT2D eigenvalue weighted by molar-refractivity contribution is 0.0856. The van der Waals surface area contributed by atoms with E-state index in [1.807, 2.05) is 12.1 Å². The number of aromatic nitrogens is 4. The molecule has 1 fully saturated rings. The summed E-state index contributed by atoms with van der Waals surface area (Å²) < 4.78 is 17.7. The van der Waals surface area contributed by atoms with Crippen LogP contribution in [-0.4, -0.2) is 39.7 Å². The lowest BCUT2D eigenvalue weighted by Gasteiger charge is -2.26.